The van der Waals surface area contributed by atoms with Crippen LogP contribution >= 0.6 is 11.6 Å². The minimum Gasteiger partial charge on any atom is -0.370 e. The minimum absolute atomic E-state index is 0.0388. The van der Waals surface area contributed by atoms with Crippen molar-refractivity contribution in [2.45, 2.75) is 50.5 Å². The summed E-state index contributed by atoms with van der Waals surface area (Å²) in [6.45, 7) is 0. The molecule has 0 radical (unpaired) electrons. The van der Waals surface area contributed by atoms with Gasteiger partial charge >= 0.3 is 0 Å². The molecule has 1 aliphatic carbocycles. The molecule has 1 aromatic carbocycles. The van der Waals surface area contributed by atoms with Crippen LogP contribution in [-0.4, -0.2) is 18.5 Å². The lowest BCUT2D eigenvalue weighted by Gasteiger charge is -2.30. The van der Waals surface area contributed by atoms with Crippen molar-refractivity contribution in [1.29, 1.82) is 0 Å². The van der Waals surface area contributed by atoms with E-state index in [4.69, 9.17) is 16.3 Å². The number of hydrogen-bond donors (Lipinski definition) is 0. The fourth-order valence-electron chi connectivity index (χ4n) is 2.92. The number of Topliss-reactive ketones (excluding diaryl/α,β-unsaturated/α-hetero) is 1. The number of ketones is 1. The summed E-state index contributed by atoms with van der Waals surface area (Å²) in [5.41, 5.74) is -0.395. The van der Waals surface area contributed by atoms with E-state index in [-0.39, 0.29) is 17.2 Å². The highest BCUT2D eigenvalue weighted by atomic mass is 35.5. The number of benzene rings is 1. The summed E-state index contributed by atoms with van der Waals surface area (Å²) in [7, 11) is 1.58. The lowest BCUT2D eigenvalue weighted by molar-refractivity contribution is -0.142. The third kappa shape index (κ3) is 3.21. The fraction of sp³-hybridized carbons (Fsp3) is 0.562. The number of hydrogen-bond acceptors (Lipinski definition) is 2. The largest absolute Gasteiger partial charge is 0.370 e. The van der Waals surface area contributed by atoms with E-state index in [2.05, 4.69) is 0 Å². The van der Waals surface area contributed by atoms with Crippen molar-refractivity contribution in [2.24, 2.45) is 0 Å². The molecule has 0 bridgehead atoms. The summed E-state index contributed by atoms with van der Waals surface area (Å²) in [5, 5.41) is 0.0580. The molecule has 2 rings (SSSR count). The van der Waals surface area contributed by atoms with Gasteiger partial charge in [-0.3, -0.25) is 4.79 Å². The van der Waals surface area contributed by atoms with Gasteiger partial charge in [0.15, 0.2) is 5.78 Å². The van der Waals surface area contributed by atoms with Crippen LogP contribution < -0.4 is 0 Å². The van der Waals surface area contributed by atoms with E-state index in [1.807, 2.05) is 0 Å². The SMILES string of the molecule is COC1(C(=O)Cc2cccc(Cl)c2F)CCCCCC1. The molecule has 1 aromatic rings. The molecular formula is C16H20ClFO2. The number of halogens is 2. The third-order valence-corrected chi connectivity index (χ3v) is 4.48. The molecule has 0 spiro atoms. The summed E-state index contributed by atoms with van der Waals surface area (Å²) in [4.78, 5) is 12.6. The zero-order valence-corrected chi connectivity index (χ0v) is 12.5. The van der Waals surface area contributed by atoms with E-state index in [9.17, 15) is 9.18 Å². The van der Waals surface area contributed by atoms with Gasteiger partial charge in [-0.2, -0.15) is 0 Å². The van der Waals surface area contributed by atoms with E-state index >= 15 is 0 Å². The lowest BCUT2D eigenvalue weighted by Crippen LogP contribution is -2.41. The van der Waals surface area contributed by atoms with Gasteiger partial charge in [-0.15, -0.1) is 0 Å². The number of methoxy groups -OCH3 is 1. The molecule has 0 amide bonds. The summed E-state index contributed by atoms with van der Waals surface area (Å²) < 4.78 is 19.5. The van der Waals surface area contributed by atoms with Crippen molar-refractivity contribution in [2.75, 3.05) is 7.11 Å². The van der Waals surface area contributed by atoms with E-state index in [1.165, 1.54) is 6.07 Å². The van der Waals surface area contributed by atoms with Crippen LogP contribution in [0.5, 0.6) is 0 Å². The molecule has 0 unspecified atom stereocenters. The van der Waals surface area contributed by atoms with Gasteiger partial charge in [-0.1, -0.05) is 49.4 Å². The molecule has 2 nitrogen and oxygen atoms in total. The van der Waals surface area contributed by atoms with E-state index in [0.29, 0.717) is 5.56 Å². The Hall–Kier alpha value is -0.930. The zero-order valence-electron chi connectivity index (χ0n) is 11.8. The van der Waals surface area contributed by atoms with Crippen molar-refractivity contribution in [1.82, 2.24) is 0 Å². The van der Waals surface area contributed by atoms with Crippen molar-refractivity contribution in [3.05, 3.63) is 34.6 Å². The highest BCUT2D eigenvalue weighted by Gasteiger charge is 2.38. The Bertz CT molecular complexity index is 479. The molecule has 0 saturated heterocycles. The molecule has 20 heavy (non-hydrogen) atoms. The summed E-state index contributed by atoms with van der Waals surface area (Å²) in [5.74, 6) is -0.537. The van der Waals surface area contributed by atoms with Gasteiger partial charge in [-0.25, -0.2) is 4.39 Å². The van der Waals surface area contributed by atoms with E-state index in [0.717, 1.165) is 38.5 Å². The maximum absolute atomic E-state index is 13.9. The summed E-state index contributed by atoms with van der Waals surface area (Å²) in [6.07, 6.45) is 5.72. The van der Waals surface area contributed by atoms with Gasteiger partial charge in [0.05, 0.1) is 5.02 Å². The van der Waals surface area contributed by atoms with Crippen molar-refractivity contribution >= 4 is 17.4 Å². The predicted octanol–water partition coefficient (Wildman–Crippen LogP) is 4.33. The molecule has 0 aliphatic heterocycles. The standard InChI is InChI=1S/C16H20ClFO2/c1-20-16(9-4-2-3-5-10-16)14(19)11-12-7-6-8-13(17)15(12)18/h6-8H,2-5,9-11H2,1H3. The second-order valence-corrected chi connectivity index (χ2v) is 5.83. The third-order valence-electron chi connectivity index (χ3n) is 4.19. The molecule has 1 aliphatic rings. The fourth-order valence-corrected chi connectivity index (χ4v) is 3.11. The minimum atomic E-state index is -0.745. The van der Waals surface area contributed by atoms with Crippen LogP contribution in [0.3, 0.4) is 0 Å². The molecule has 4 heteroatoms. The summed E-state index contributed by atoms with van der Waals surface area (Å²) in [6, 6.07) is 4.77. The molecular weight excluding hydrogens is 279 g/mol. The first kappa shape index (κ1) is 15.5. The van der Waals surface area contributed by atoms with Gasteiger partial charge in [-0.05, 0) is 24.5 Å². The van der Waals surface area contributed by atoms with Gasteiger partial charge in [0.2, 0.25) is 0 Å². The molecule has 1 fully saturated rings. The smallest absolute Gasteiger partial charge is 0.169 e. The van der Waals surface area contributed by atoms with Crippen LogP contribution in [0.4, 0.5) is 4.39 Å². The Labute approximate surface area is 124 Å². The van der Waals surface area contributed by atoms with Crippen molar-refractivity contribution in [3.63, 3.8) is 0 Å². The second-order valence-electron chi connectivity index (χ2n) is 5.43. The average Bonchev–Trinajstić information content (AvgIpc) is 2.70. The predicted molar refractivity (Wildman–Crippen MR) is 77.6 cm³/mol. The Balaban J connectivity index is 2.18. The van der Waals surface area contributed by atoms with Crippen LogP contribution in [-0.2, 0) is 16.0 Å². The first-order valence-corrected chi connectivity index (χ1v) is 7.48. The van der Waals surface area contributed by atoms with Crippen LogP contribution in [0.15, 0.2) is 18.2 Å². The first-order chi connectivity index (χ1) is 9.59. The Kier molecular flexibility index (Phi) is 5.17. The van der Waals surface area contributed by atoms with Crippen LogP contribution in [0.1, 0.15) is 44.1 Å². The zero-order chi connectivity index (χ0) is 14.6. The van der Waals surface area contributed by atoms with Crippen LogP contribution in [0, 0.1) is 5.82 Å². The van der Waals surface area contributed by atoms with E-state index in [1.54, 1.807) is 19.2 Å². The number of carbonyl (C=O) groups excluding carboxylic acids is 1. The maximum Gasteiger partial charge on any atom is 0.169 e. The van der Waals surface area contributed by atoms with Crippen molar-refractivity contribution < 1.29 is 13.9 Å². The number of ether oxygens (including phenoxy) is 1. The monoisotopic (exact) mass is 298 g/mol. The summed E-state index contributed by atoms with van der Waals surface area (Å²) >= 11 is 5.76. The lowest BCUT2D eigenvalue weighted by atomic mass is 9.86. The first-order valence-electron chi connectivity index (χ1n) is 7.10. The van der Waals surface area contributed by atoms with Gasteiger partial charge in [0, 0.05) is 13.5 Å². The number of rotatable bonds is 4. The highest BCUT2D eigenvalue weighted by Crippen LogP contribution is 2.32. The van der Waals surface area contributed by atoms with Gasteiger partial charge in [0.25, 0.3) is 0 Å². The van der Waals surface area contributed by atoms with Gasteiger partial charge in [0.1, 0.15) is 11.4 Å². The van der Waals surface area contributed by atoms with E-state index < -0.39 is 11.4 Å². The normalized spacial score (nSPS) is 18.6. The quantitative estimate of drug-likeness (QED) is 0.773. The molecule has 110 valence electrons. The highest BCUT2D eigenvalue weighted by molar-refractivity contribution is 6.30. The maximum atomic E-state index is 13.9. The average molecular weight is 299 g/mol. The number of carbonyl (C=O) groups is 1. The Morgan fingerprint density at radius 2 is 1.95 bits per heavy atom. The molecule has 0 N–H and O–H groups in total. The van der Waals surface area contributed by atoms with Gasteiger partial charge < -0.3 is 4.74 Å². The Morgan fingerprint density at radius 1 is 1.30 bits per heavy atom. The topological polar surface area (TPSA) is 26.3 Å². The molecule has 1 saturated carbocycles. The second kappa shape index (κ2) is 6.68. The molecule has 0 atom stereocenters. The van der Waals surface area contributed by atoms with Crippen LogP contribution in [0.2, 0.25) is 5.02 Å². The molecule has 0 aromatic heterocycles. The molecule has 0 heterocycles. The van der Waals surface area contributed by atoms with Crippen LogP contribution in [0.25, 0.3) is 0 Å². The Morgan fingerprint density at radius 3 is 2.55 bits per heavy atom. The van der Waals surface area contributed by atoms with Crippen molar-refractivity contribution in [3.8, 4) is 0 Å².